The van der Waals surface area contributed by atoms with E-state index in [-0.39, 0.29) is 42.7 Å². The first-order valence-corrected chi connectivity index (χ1v) is 26.0. The van der Waals surface area contributed by atoms with Crippen LogP contribution in [0.25, 0.3) is 0 Å². The maximum atomic E-state index is 12.8. The Kier molecular flexibility index (Phi) is 44.0. The highest BCUT2D eigenvalue weighted by molar-refractivity contribution is 5.70. The van der Waals surface area contributed by atoms with Gasteiger partial charge >= 0.3 is 11.9 Å². The Bertz CT molecular complexity index is 1270. The molecule has 0 bridgehead atoms. The molecule has 368 valence electrons. The minimum atomic E-state index is -1.13. The second kappa shape index (κ2) is 46.3. The van der Waals surface area contributed by atoms with Crippen LogP contribution in [0.4, 0.5) is 0 Å². The summed E-state index contributed by atoms with van der Waals surface area (Å²) >= 11 is 0. The highest BCUT2D eigenvalue weighted by atomic mass is 16.6. The molecule has 0 radical (unpaired) electrons. The monoisotopic (exact) mass is 896 g/mol. The van der Waals surface area contributed by atoms with Crippen LogP contribution in [0.15, 0.2) is 72.9 Å². The zero-order valence-electron chi connectivity index (χ0n) is 41.9. The average molecular weight is 896 g/mol. The number of hydrogen-bond donors (Lipinski definition) is 0. The van der Waals surface area contributed by atoms with E-state index in [1.807, 2.05) is 0 Å². The molecule has 0 aromatic heterocycles. The number of allylic oxidation sites excluding steroid dienone is 12. The Balaban J connectivity index is 4.31. The molecule has 0 aromatic rings. The lowest BCUT2D eigenvalue weighted by Crippen LogP contribution is -2.55. The van der Waals surface area contributed by atoms with Gasteiger partial charge in [0.05, 0.1) is 40.3 Å². The van der Waals surface area contributed by atoms with Gasteiger partial charge in [0.2, 0.25) is 0 Å². The van der Waals surface area contributed by atoms with Crippen molar-refractivity contribution in [2.24, 2.45) is 0 Å². The van der Waals surface area contributed by atoms with E-state index in [2.05, 4.69) is 86.8 Å². The fourth-order valence-electron chi connectivity index (χ4n) is 7.33. The lowest BCUT2D eigenvalue weighted by atomic mass is 10.1. The zero-order valence-corrected chi connectivity index (χ0v) is 41.9. The summed E-state index contributed by atoms with van der Waals surface area (Å²) in [7, 11) is 5.40. The largest absolute Gasteiger partial charge is 0.544 e. The van der Waals surface area contributed by atoms with Crippen LogP contribution in [0, 0.1) is 0 Å². The second-order valence-corrected chi connectivity index (χ2v) is 18.4. The normalized spacial score (nSPS) is 13.5. The Morgan fingerprint density at radius 3 is 1.33 bits per heavy atom. The van der Waals surface area contributed by atoms with Gasteiger partial charge in [-0.05, 0) is 83.5 Å². The number of ether oxygens (including phenoxy) is 3. The van der Waals surface area contributed by atoms with Gasteiger partial charge in [-0.15, -0.1) is 0 Å². The van der Waals surface area contributed by atoms with Crippen molar-refractivity contribution in [3.05, 3.63) is 72.9 Å². The molecule has 0 aliphatic rings. The first kappa shape index (κ1) is 60.8. The van der Waals surface area contributed by atoms with Crippen LogP contribution in [-0.4, -0.2) is 75.5 Å². The highest BCUT2D eigenvalue weighted by Gasteiger charge is 2.25. The molecule has 0 rings (SSSR count). The molecule has 0 saturated heterocycles. The van der Waals surface area contributed by atoms with E-state index < -0.39 is 18.1 Å². The third-order valence-electron chi connectivity index (χ3n) is 11.3. The summed E-state index contributed by atoms with van der Waals surface area (Å²) in [4.78, 5) is 37.0. The Morgan fingerprint density at radius 2 is 0.875 bits per heavy atom. The van der Waals surface area contributed by atoms with E-state index in [9.17, 15) is 19.5 Å². The van der Waals surface area contributed by atoms with Gasteiger partial charge in [-0.1, -0.05) is 183 Å². The van der Waals surface area contributed by atoms with Crippen molar-refractivity contribution in [1.29, 1.82) is 0 Å². The van der Waals surface area contributed by atoms with Gasteiger partial charge in [0.25, 0.3) is 0 Å². The van der Waals surface area contributed by atoms with Gasteiger partial charge < -0.3 is 28.6 Å². The van der Waals surface area contributed by atoms with Crippen LogP contribution in [0.1, 0.15) is 213 Å². The summed E-state index contributed by atoms with van der Waals surface area (Å²) in [5, 5.41) is 11.7. The van der Waals surface area contributed by atoms with E-state index in [1.54, 1.807) is 21.1 Å². The van der Waals surface area contributed by atoms with Gasteiger partial charge in [0.1, 0.15) is 12.6 Å². The van der Waals surface area contributed by atoms with Gasteiger partial charge in [-0.3, -0.25) is 9.59 Å². The van der Waals surface area contributed by atoms with Crippen LogP contribution in [0.3, 0.4) is 0 Å². The molecule has 8 heteroatoms. The molecule has 2 unspecified atom stereocenters. The SMILES string of the molecule is CC/C=C/C/C=C/C/C=C/C/C=C/C/C=C/CCCCCC(=O)OCC(COCCC(C(=O)[O-])[N+](C)(C)C)OC(=O)CCCCCCCCC/C=C/CCCCCCCCCCCC. The first-order chi connectivity index (χ1) is 31.1. The summed E-state index contributed by atoms with van der Waals surface area (Å²) in [5.74, 6) is -1.78. The quantitative estimate of drug-likeness (QED) is 0.0259. The average Bonchev–Trinajstić information content (AvgIpc) is 3.26. The molecule has 0 aliphatic heterocycles. The van der Waals surface area contributed by atoms with Crippen LogP contribution in [0.2, 0.25) is 0 Å². The number of carboxylic acids is 1. The molecular weight excluding hydrogens is 799 g/mol. The predicted octanol–water partition coefficient (Wildman–Crippen LogP) is 13.8. The van der Waals surface area contributed by atoms with Crippen molar-refractivity contribution in [1.82, 2.24) is 0 Å². The third kappa shape index (κ3) is 44.0. The van der Waals surface area contributed by atoms with E-state index in [0.717, 1.165) is 77.0 Å². The van der Waals surface area contributed by atoms with Crippen molar-refractivity contribution in [3.63, 3.8) is 0 Å². The zero-order chi connectivity index (χ0) is 47.0. The lowest BCUT2D eigenvalue weighted by Gasteiger charge is -2.34. The number of carbonyl (C=O) groups is 3. The summed E-state index contributed by atoms with van der Waals surface area (Å²) in [6, 6.07) is -0.735. The Hall–Kier alpha value is -3.23. The summed E-state index contributed by atoms with van der Waals surface area (Å²) in [6.07, 6.45) is 59.3. The summed E-state index contributed by atoms with van der Waals surface area (Å²) < 4.78 is 17.2. The van der Waals surface area contributed by atoms with Crippen molar-refractivity contribution in [2.75, 3.05) is 41.0 Å². The van der Waals surface area contributed by atoms with Crippen molar-refractivity contribution >= 4 is 17.9 Å². The van der Waals surface area contributed by atoms with Gasteiger partial charge in [0, 0.05) is 19.3 Å². The molecule has 0 spiro atoms. The minimum Gasteiger partial charge on any atom is -0.544 e. The number of unbranched alkanes of at least 4 members (excludes halogenated alkanes) is 20. The first-order valence-electron chi connectivity index (χ1n) is 26.0. The fourth-order valence-corrected chi connectivity index (χ4v) is 7.33. The standard InChI is InChI=1S/C56H97NO7/c1-6-8-10-12-14-16-18-20-22-24-26-27-29-31-33-35-37-39-41-43-45-47-55(59)64-52(50-62-49-48-53(56(60)61)57(3,4)5)51-63-54(58)46-44-42-40-38-36-34-32-30-28-25-23-21-19-17-15-13-11-9-7-2/h9,11,15,17,21,23,27-30,34,36,52-53H,6-8,10,12-14,16,18-20,22,24-26,31-33,35,37-51H2,1-5H3/b11-9+,17-15+,23-21+,29-27+,30-28+,36-34+. The fraction of sp³-hybridized carbons (Fsp3) is 0.732. The van der Waals surface area contributed by atoms with Gasteiger partial charge in [-0.25, -0.2) is 0 Å². The van der Waals surface area contributed by atoms with Crippen molar-refractivity contribution in [2.45, 2.75) is 225 Å². The van der Waals surface area contributed by atoms with Crippen LogP contribution >= 0.6 is 0 Å². The number of hydrogen-bond acceptors (Lipinski definition) is 7. The topological polar surface area (TPSA) is 102 Å². The molecule has 0 heterocycles. The second-order valence-electron chi connectivity index (χ2n) is 18.4. The smallest absolute Gasteiger partial charge is 0.306 e. The van der Waals surface area contributed by atoms with E-state index >= 15 is 0 Å². The molecule has 8 nitrogen and oxygen atoms in total. The molecule has 0 saturated carbocycles. The molecule has 0 aromatic carbocycles. The van der Waals surface area contributed by atoms with Crippen LogP contribution in [-0.2, 0) is 28.6 Å². The lowest BCUT2D eigenvalue weighted by molar-refractivity contribution is -0.889. The number of rotatable bonds is 46. The van der Waals surface area contributed by atoms with Crippen LogP contribution in [0.5, 0.6) is 0 Å². The minimum absolute atomic E-state index is 0.0255. The third-order valence-corrected chi connectivity index (χ3v) is 11.3. The van der Waals surface area contributed by atoms with E-state index in [1.165, 1.54) is 103 Å². The Morgan fingerprint density at radius 1 is 0.484 bits per heavy atom. The molecule has 0 N–H and O–H groups in total. The number of quaternary nitrogens is 1. The number of carboxylic acid groups (broad SMARTS) is 1. The summed E-state index contributed by atoms with van der Waals surface area (Å²) in [5.41, 5.74) is 0. The molecule has 0 aliphatic carbocycles. The Labute approximate surface area is 393 Å². The number of esters is 2. The van der Waals surface area contributed by atoms with Crippen molar-refractivity contribution < 1.29 is 38.2 Å². The number of likely N-dealkylation sites (N-methyl/N-ethyl adjacent to an activating group) is 1. The van der Waals surface area contributed by atoms with E-state index in [4.69, 9.17) is 14.2 Å². The van der Waals surface area contributed by atoms with Gasteiger partial charge in [0.15, 0.2) is 6.10 Å². The summed E-state index contributed by atoms with van der Waals surface area (Å²) in [6.45, 7) is 4.52. The molecule has 0 fully saturated rings. The van der Waals surface area contributed by atoms with Gasteiger partial charge in [-0.2, -0.15) is 0 Å². The molecule has 2 atom stereocenters. The van der Waals surface area contributed by atoms with E-state index in [0.29, 0.717) is 12.8 Å². The highest BCUT2D eigenvalue weighted by Crippen LogP contribution is 2.14. The number of nitrogens with zero attached hydrogens (tertiary/aromatic N) is 1. The predicted molar refractivity (Wildman–Crippen MR) is 268 cm³/mol. The number of aliphatic carboxylic acids is 1. The van der Waals surface area contributed by atoms with Crippen molar-refractivity contribution in [3.8, 4) is 0 Å². The molecule has 64 heavy (non-hydrogen) atoms. The molecular formula is C56H97NO7. The maximum Gasteiger partial charge on any atom is 0.306 e. The number of carbonyl (C=O) groups excluding carboxylic acids is 3. The molecule has 0 amide bonds. The van der Waals surface area contributed by atoms with Crippen LogP contribution < -0.4 is 5.11 Å². The maximum absolute atomic E-state index is 12.8.